The van der Waals surface area contributed by atoms with Crippen molar-refractivity contribution in [1.82, 2.24) is 24.6 Å². The molecule has 25 heavy (non-hydrogen) atoms. The number of anilines is 1. The van der Waals surface area contributed by atoms with Crippen molar-refractivity contribution < 1.29 is 4.79 Å². The Balaban J connectivity index is 1.51. The van der Waals surface area contributed by atoms with Gasteiger partial charge in [0.05, 0.1) is 17.2 Å². The summed E-state index contributed by atoms with van der Waals surface area (Å²) in [7, 11) is 1.69. The minimum Gasteiger partial charge on any atom is -0.368 e. The molecule has 128 valence electrons. The number of carbonyl (C=O) groups is 1. The molecule has 8 nitrogen and oxygen atoms in total. The summed E-state index contributed by atoms with van der Waals surface area (Å²) in [5.74, 6) is -0.0270. The lowest BCUT2D eigenvalue weighted by Crippen LogP contribution is -2.48. The minimum absolute atomic E-state index is 0.0270. The molecule has 0 unspecified atom stereocenters. The number of H-pyrrole nitrogens is 1. The van der Waals surface area contributed by atoms with Crippen LogP contribution in [0.15, 0.2) is 41.6 Å². The van der Waals surface area contributed by atoms with Gasteiger partial charge in [0.1, 0.15) is 5.69 Å². The van der Waals surface area contributed by atoms with Crippen LogP contribution in [-0.2, 0) is 7.05 Å². The van der Waals surface area contributed by atoms with Crippen LogP contribution in [0.1, 0.15) is 10.5 Å². The Morgan fingerprint density at radius 3 is 2.68 bits per heavy atom. The first kappa shape index (κ1) is 15.4. The average Bonchev–Trinajstić information content (AvgIpc) is 3.19. The fraction of sp³-hybridized carbons (Fsp3) is 0.294. The van der Waals surface area contributed by atoms with Crippen LogP contribution in [0.5, 0.6) is 0 Å². The van der Waals surface area contributed by atoms with Gasteiger partial charge in [0, 0.05) is 45.1 Å². The molecule has 1 amide bonds. The van der Waals surface area contributed by atoms with Crippen LogP contribution in [0.2, 0.25) is 0 Å². The van der Waals surface area contributed by atoms with Gasteiger partial charge in [-0.15, -0.1) is 0 Å². The van der Waals surface area contributed by atoms with Crippen molar-refractivity contribution >= 4 is 22.5 Å². The summed E-state index contributed by atoms with van der Waals surface area (Å²) in [6.07, 6.45) is 3.12. The lowest BCUT2D eigenvalue weighted by Gasteiger charge is -2.36. The Morgan fingerprint density at radius 2 is 1.96 bits per heavy atom. The van der Waals surface area contributed by atoms with E-state index in [4.69, 9.17) is 0 Å². The lowest BCUT2D eigenvalue weighted by molar-refractivity contribution is 0.0741. The van der Waals surface area contributed by atoms with Gasteiger partial charge in [-0.2, -0.15) is 5.10 Å². The maximum atomic E-state index is 12.3. The molecule has 0 aliphatic carbocycles. The van der Waals surface area contributed by atoms with Crippen molar-refractivity contribution in [2.45, 2.75) is 0 Å². The molecule has 1 fully saturated rings. The number of rotatable bonds is 2. The van der Waals surface area contributed by atoms with Crippen molar-refractivity contribution in [3.63, 3.8) is 0 Å². The molecule has 4 rings (SSSR count). The Bertz CT molecular complexity index is 970. The van der Waals surface area contributed by atoms with Gasteiger partial charge in [0.2, 0.25) is 0 Å². The van der Waals surface area contributed by atoms with Crippen LogP contribution in [0.25, 0.3) is 10.9 Å². The van der Waals surface area contributed by atoms with Gasteiger partial charge >= 0.3 is 0 Å². The Labute approximate surface area is 143 Å². The van der Waals surface area contributed by atoms with E-state index >= 15 is 0 Å². The van der Waals surface area contributed by atoms with Crippen molar-refractivity contribution in [2.75, 3.05) is 31.1 Å². The van der Waals surface area contributed by atoms with E-state index in [1.54, 1.807) is 19.3 Å². The topological polar surface area (TPSA) is 87.1 Å². The highest BCUT2D eigenvalue weighted by Gasteiger charge is 2.23. The molecule has 8 heteroatoms. The van der Waals surface area contributed by atoms with E-state index in [2.05, 4.69) is 20.1 Å². The monoisotopic (exact) mass is 338 g/mol. The Kier molecular flexibility index (Phi) is 3.72. The molecule has 0 saturated carbocycles. The third-order valence-electron chi connectivity index (χ3n) is 4.57. The number of aromatic nitrogens is 4. The smallest absolute Gasteiger partial charge is 0.271 e. The quantitative estimate of drug-likeness (QED) is 0.740. The number of benzene rings is 1. The fourth-order valence-electron chi connectivity index (χ4n) is 3.11. The first-order valence-corrected chi connectivity index (χ1v) is 8.12. The Hall–Kier alpha value is -3.16. The van der Waals surface area contributed by atoms with Gasteiger partial charge in [0.15, 0.2) is 0 Å². The van der Waals surface area contributed by atoms with Crippen LogP contribution in [0.3, 0.4) is 0 Å². The molecule has 1 saturated heterocycles. The number of carbonyl (C=O) groups excluding carboxylic acids is 1. The summed E-state index contributed by atoms with van der Waals surface area (Å²) in [4.78, 5) is 32.8. The highest BCUT2D eigenvalue weighted by Crippen LogP contribution is 2.20. The first-order chi connectivity index (χ1) is 12.1. The zero-order valence-corrected chi connectivity index (χ0v) is 13.8. The molecule has 1 N–H and O–H groups in total. The van der Waals surface area contributed by atoms with Gasteiger partial charge in [-0.1, -0.05) is 0 Å². The summed E-state index contributed by atoms with van der Waals surface area (Å²) >= 11 is 0. The molecule has 3 heterocycles. The number of amides is 1. The number of hydrogen-bond acceptors (Lipinski definition) is 5. The standard InChI is InChI=1S/C17H18N6O2/c1-21-11-18-15-10-12(2-3-13(15)16(21)24)22-6-8-23(9-7-22)17(25)14-4-5-19-20-14/h2-5,10-11H,6-9H2,1H3,(H,19,20). The maximum absolute atomic E-state index is 12.3. The van der Waals surface area contributed by atoms with Crippen molar-refractivity contribution in [3.8, 4) is 0 Å². The minimum atomic E-state index is -0.0495. The summed E-state index contributed by atoms with van der Waals surface area (Å²) in [5.41, 5.74) is 2.17. The molecule has 0 atom stereocenters. The summed E-state index contributed by atoms with van der Waals surface area (Å²) < 4.78 is 1.47. The number of nitrogens with zero attached hydrogens (tertiary/aromatic N) is 5. The van der Waals surface area contributed by atoms with E-state index in [-0.39, 0.29) is 11.5 Å². The molecule has 0 bridgehead atoms. The van der Waals surface area contributed by atoms with Crippen molar-refractivity contribution in [1.29, 1.82) is 0 Å². The predicted molar refractivity (Wildman–Crippen MR) is 93.7 cm³/mol. The third-order valence-corrected chi connectivity index (χ3v) is 4.57. The second kappa shape index (κ2) is 6.04. The molecule has 3 aromatic rings. The van der Waals surface area contributed by atoms with Gasteiger partial charge in [-0.25, -0.2) is 4.98 Å². The van der Waals surface area contributed by atoms with E-state index in [1.807, 2.05) is 23.1 Å². The molecule has 0 spiro atoms. The number of aromatic amines is 1. The summed E-state index contributed by atoms with van der Waals surface area (Å²) in [5, 5.41) is 7.15. The van der Waals surface area contributed by atoms with Gasteiger partial charge in [-0.05, 0) is 24.3 Å². The van der Waals surface area contributed by atoms with Crippen LogP contribution in [0, 0.1) is 0 Å². The zero-order valence-electron chi connectivity index (χ0n) is 13.8. The number of piperazine rings is 1. The van der Waals surface area contributed by atoms with Gasteiger partial charge in [-0.3, -0.25) is 14.7 Å². The molecule has 1 aromatic carbocycles. The van der Waals surface area contributed by atoms with Crippen LogP contribution >= 0.6 is 0 Å². The second-order valence-corrected chi connectivity index (χ2v) is 6.11. The van der Waals surface area contributed by atoms with Crippen molar-refractivity contribution in [2.24, 2.45) is 7.05 Å². The highest BCUT2D eigenvalue weighted by molar-refractivity contribution is 5.92. The predicted octanol–water partition coefficient (Wildman–Crippen LogP) is 0.619. The molecule has 1 aliphatic rings. The molecule has 1 aliphatic heterocycles. The molecule has 2 aromatic heterocycles. The Morgan fingerprint density at radius 1 is 1.16 bits per heavy atom. The maximum Gasteiger partial charge on any atom is 0.271 e. The largest absolute Gasteiger partial charge is 0.368 e. The molecular weight excluding hydrogens is 320 g/mol. The zero-order chi connectivity index (χ0) is 17.4. The van der Waals surface area contributed by atoms with Gasteiger partial charge < -0.3 is 14.4 Å². The van der Waals surface area contributed by atoms with E-state index in [1.165, 1.54) is 10.9 Å². The first-order valence-electron chi connectivity index (χ1n) is 8.12. The fourth-order valence-corrected chi connectivity index (χ4v) is 3.11. The molecule has 0 radical (unpaired) electrons. The van der Waals surface area contributed by atoms with Crippen LogP contribution < -0.4 is 10.5 Å². The van der Waals surface area contributed by atoms with Gasteiger partial charge in [0.25, 0.3) is 11.5 Å². The van der Waals surface area contributed by atoms with E-state index in [0.717, 1.165) is 18.8 Å². The average molecular weight is 338 g/mol. The van der Waals surface area contributed by atoms with Crippen LogP contribution in [0.4, 0.5) is 5.69 Å². The lowest BCUT2D eigenvalue weighted by atomic mass is 10.2. The number of nitrogens with one attached hydrogen (secondary N) is 1. The normalized spacial score (nSPS) is 14.9. The van der Waals surface area contributed by atoms with Crippen molar-refractivity contribution in [3.05, 3.63) is 52.8 Å². The number of aryl methyl sites for hydroxylation is 1. The van der Waals surface area contributed by atoms with E-state index in [9.17, 15) is 9.59 Å². The summed E-state index contributed by atoms with van der Waals surface area (Å²) in [6.45, 7) is 2.74. The highest BCUT2D eigenvalue weighted by atomic mass is 16.2. The number of hydrogen-bond donors (Lipinski definition) is 1. The SMILES string of the molecule is Cn1cnc2cc(N3CCN(C(=O)c4ccn[nH]4)CC3)ccc2c1=O. The van der Waals surface area contributed by atoms with E-state index < -0.39 is 0 Å². The second-order valence-electron chi connectivity index (χ2n) is 6.11. The number of fused-ring (bicyclic) bond motifs is 1. The summed E-state index contributed by atoms with van der Waals surface area (Å²) in [6, 6.07) is 7.38. The van der Waals surface area contributed by atoms with E-state index in [0.29, 0.717) is 29.7 Å². The third kappa shape index (κ3) is 2.75. The molecular formula is C17H18N6O2. The van der Waals surface area contributed by atoms with Crippen LogP contribution in [-0.4, -0.2) is 56.7 Å².